The molecule has 0 aliphatic carbocycles. The van der Waals surface area contributed by atoms with E-state index in [0.717, 1.165) is 11.1 Å². The van der Waals surface area contributed by atoms with Crippen molar-refractivity contribution >= 4 is 17.6 Å². The predicted octanol–water partition coefficient (Wildman–Crippen LogP) is 2.24. The molecule has 0 fully saturated rings. The minimum Gasteiger partial charge on any atom is -0.482 e. The SMILES string of the molecule is Cc1cc(OCC(=O)O)ccc1NC(=O)Cc1c(C)noc1C. The molecule has 0 aliphatic heterocycles. The van der Waals surface area contributed by atoms with Gasteiger partial charge in [-0.25, -0.2) is 4.79 Å². The molecule has 2 rings (SSSR count). The molecule has 1 aromatic carbocycles. The van der Waals surface area contributed by atoms with Crippen LogP contribution in [0.5, 0.6) is 5.75 Å². The zero-order valence-electron chi connectivity index (χ0n) is 13.2. The average molecular weight is 318 g/mol. The molecule has 7 heteroatoms. The molecule has 2 aromatic rings. The van der Waals surface area contributed by atoms with Crippen molar-refractivity contribution < 1.29 is 24.0 Å². The van der Waals surface area contributed by atoms with Gasteiger partial charge < -0.3 is 19.7 Å². The molecule has 7 nitrogen and oxygen atoms in total. The maximum Gasteiger partial charge on any atom is 0.341 e. The molecule has 1 amide bonds. The van der Waals surface area contributed by atoms with Crippen molar-refractivity contribution in [3.05, 3.63) is 40.8 Å². The van der Waals surface area contributed by atoms with Gasteiger partial charge in [0.15, 0.2) is 6.61 Å². The van der Waals surface area contributed by atoms with Crippen molar-refractivity contribution in [3.8, 4) is 5.75 Å². The first kappa shape index (κ1) is 16.5. The lowest BCUT2D eigenvalue weighted by atomic mass is 10.1. The van der Waals surface area contributed by atoms with Crippen LogP contribution in [0.1, 0.15) is 22.6 Å². The lowest BCUT2D eigenvalue weighted by Gasteiger charge is -2.10. The Labute approximate surface area is 133 Å². The highest BCUT2D eigenvalue weighted by molar-refractivity contribution is 5.93. The standard InChI is InChI=1S/C16H18N2O5/c1-9-6-12(22-8-16(20)21)4-5-14(9)17-15(19)7-13-10(2)18-23-11(13)3/h4-6H,7-8H2,1-3H3,(H,17,19)(H,20,21). The van der Waals surface area contributed by atoms with E-state index in [-0.39, 0.29) is 12.3 Å². The van der Waals surface area contributed by atoms with Crippen molar-refractivity contribution in [1.82, 2.24) is 5.16 Å². The summed E-state index contributed by atoms with van der Waals surface area (Å²) < 4.78 is 10.1. The number of nitrogens with one attached hydrogen (secondary N) is 1. The average Bonchev–Trinajstić information content (AvgIpc) is 2.79. The summed E-state index contributed by atoms with van der Waals surface area (Å²) in [6.45, 7) is 4.96. The maximum absolute atomic E-state index is 12.1. The van der Waals surface area contributed by atoms with Crippen LogP contribution >= 0.6 is 0 Å². The number of carboxylic acids is 1. The van der Waals surface area contributed by atoms with Crippen LogP contribution in [0.25, 0.3) is 0 Å². The van der Waals surface area contributed by atoms with E-state index in [2.05, 4.69) is 10.5 Å². The molecule has 0 saturated carbocycles. The van der Waals surface area contributed by atoms with Crippen LogP contribution in [-0.4, -0.2) is 28.7 Å². The van der Waals surface area contributed by atoms with Crippen LogP contribution in [0.4, 0.5) is 5.69 Å². The normalized spacial score (nSPS) is 10.4. The molecule has 0 spiro atoms. The lowest BCUT2D eigenvalue weighted by molar-refractivity contribution is -0.139. The highest BCUT2D eigenvalue weighted by Crippen LogP contribution is 2.22. The summed E-state index contributed by atoms with van der Waals surface area (Å²) in [5, 5.41) is 15.2. The quantitative estimate of drug-likeness (QED) is 0.847. The number of aryl methyl sites for hydroxylation is 3. The molecular weight excluding hydrogens is 300 g/mol. The van der Waals surface area contributed by atoms with Crippen LogP contribution in [0.2, 0.25) is 0 Å². The third kappa shape index (κ3) is 4.32. The Hall–Kier alpha value is -2.83. The third-order valence-electron chi connectivity index (χ3n) is 3.35. The maximum atomic E-state index is 12.1. The van der Waals surface area contributed by atoms with E-state index in [9.17, 15) is 9.59 Å². The first-order chi connectivity index (χ1) is 10.9. The zero-order chi connectivity index (χ0) is 17.0. The molecule has 0 bridgehead atoms. The fraction of sp³-hybridized carbons (Fsp3) is 0.312. The van der Waals surface area contributed by atoms with Crippen LogP contribution in [-0.2, 0) is 16.0 Å². The van der Waals surface area contributed by atoms with E-state index >= 15 is 0 Å². The Balaban J connectivity index is 2.02. The zero-order valence-corrected chi connectivity index (χ0v) is 13.2. The summed E-state index contributed by atoms with van der Waals surface area (Å²) in [7, 11) is 0. The van der Waals surface area contributed by atoms with Gasteiger partial charge in [0.05, 0.1) is 12.1 Å². The molecule has 0 atom stereocenters. The van der Waals surface area contributed by atoms with Crippen molar-refractivity contribution in [2.24, 2.45) is 0 Å². The number of rotatable bonds is 6. The van der Waals surface area contributed by atoms with Gasteiger partial charge in [0, 0.05) is 11.3 Å². The molecule has 1 heterocycles. The molecule has 0 saturated heterocycles. The number of amides is 1. The topological polar surface area (TPSA) is 102 Å². The van der Waals surface area contributed by atoms with Gasteiger partial charge in [0.1, 0.15) is 11.5 Å². The number of carbonyl (C=O) groups is 2. The van der Waals surface area contributed by atoms with Gasteiger partial charge in [-0.1, -0.05) is 5.16 Å². The van der Waals surface area contributed by atoms with Crippen molar-refractivity contribution in [2.45, 2.75) is 27.2 Å². The molecule has 0 radical (unpaired) electrons. The predicted molar refractivity (Wildman–Crippen MR) is 82.6 cm³/mol. The highest BCUT2D eigenvalue weighted by Gasteiger charge is 2.14. The fourth-order valence-corrected chi connectivity index (χ4v) is 2.12. The van der Waals surface area contributed by atoms with Gasteiger partial charge in [-0.3, -0.25) is 4.79 Å². The number of carboxylic acid groups (broad SMARTS) is 1. The summed E-state index contributed by atoms with van der Waals surface area (Å²) in [6, 6.07) is 4.97. The summed E-state index contributed by atoms with van der Waals surface area (Å²) in [4.78, 5) is 22.6. The van der Waals surface area contributed by atoms with Crippen molar-refractivity contribution in [3.63, 3.8) is 0 Å². The Morgan fingerprint density at radius 3 is 2.61 bits per heavy atom. The van der Waals surface area contributed by atoms with Gasteiger partial charge in [0.2, 0.25) is 5.91 Å². The van der Waals surface area contributed by atoms with E-state index in [1.54, 1.807) is 39.0 Å². The Morgan fingerprint density at radius 1 is 1.30 bits per heavy atom. The molecule has 0 aliphatic rings. The molecule has 0 unspecified atom stereocenters. The second-order valence-electron chi connectivity index (χ2n) is 5.19. The van der Waals surface area contributed by atoms with Crippen LogP contribution in [0, 0.1) is 20.8 Å². The molecule has 122 valence electrons. The molecular formula is C16H18N2O5. The summed E-state index contributed by atoms with van der Waals surface area (Å²) in [5.41, 5.74) is 2.90. The molecule has 1 aromatic heterocycles. The summed E-state index contributed by atoms with van der Waals surface area (Å²) in [5.74, 6) is -0.151. The Kier molecular flexibility index (Phi) is 5.00. The van der Waals surface area contributed by atoms with Crippen molar-refractivity contribution in [2.75, 3.05) is 11.9 Å². The number of carbonyl (C=O) groups excluding carboxylic acids is 1. The number of benzene rings is 1. The van der Waals surface area contributed by atoms with Gasteiger partial charge in [0.25, 0.3) is 0 Å². The number of ether oxygens (including phenoxy) is 1. The van der Waals surface area contributed by atoms with E-state index in [0.29, 0.717) is 22.9 Å². The molecule has 23 heavy (non-hydrogen) atoms. The number of hydrogen-bond acceptors (Lipinski definition) is 5. The van der Waals surface area contributed by atoms with E-state index in [1.165, 1.54) is 0 Å². The minimum atomic E-state index is -1.04. The second-order valence-corrected chi connectivity index (χ2v) is 5.19. The first-order valence-corrected chi connectivity index (χ1v) is 7.03. The first-order valence-electron chi connectivity index (χ1n) is 7.03. The Morgan fingerprint density at radius 2 is 2.04 bits per heavy atom. The number of aromatic nitrogens is 1. The smallest absolute Gasteiger partial charge is 0.341 e. The van der Waals surface area contributed by atoms with E-state index in [4.69, 9.17) is 14.4 Å². The highest BCUT2D eigenvalue weighted by atomic mass is 16.5. The summed E-state index contributed by atoms with van der Waals surface area (Å²) in [6.07, 6.45) is 0.178. The largest absolute Gasteiger partial charge is 0.482 e. The van der Waals surface area contributed by atoms with Gasteiger partial charge in [-0.05, 0) is 44.5 Å². The molecule has 2 N–H and O–H groups in total. The van der Waals surface area contributed by atoms with E-state index < -0.39 is 12.6 Å². The fourth-order valence-electron chi connectivity index (χ4n) is 2.12. The van der Waals surface area contributed by atoms with Gasteiger partial charge >= 0.3 is 5.97 Å². The monoisotopic (exact) mass is 318 g/mol. The van der Waals surface area contributed by atoms with Crippen molar-refractivity contribution in [1.29, 1.82) is 0 Å². The van der Waals surface area contributed by atoms with Gasteiger partial charge in [-0.2, -0.15) is 0 Å². The number of nitrogens with zero attached hydrogens (tertiary/aromatic N) is 1. The minimum absolute atomic E-state index is 0.178. The lowest BCUT2D eigenvalue weighted by Crippen LogP contribution is -2.16. The van der Waals surface area contributed by atoms with Crippen LogP contribution in [0.15, 0.2) is 22.7 Å². The second kappa shape index (κ2) is 6.95. The van der Waals surface area contributed by atoms with Crippen LogP contribution < -0.4 is 10.1 Å². The number of hydrogen-bond donors (Lipinski definition) is 2. The van der Waals surface area contributed by atoms with E-state index in [1.807, 2.05) is 0 Å². The van der Waals surface area contributed by atoms with Crippen LogP contribution in [0.3, 0.4) is 0 Å². The third-order valence-corrected chi connectivity index (χ3v) is 3.35. The summed E-state index contributed by atoms with van der Waals surface area (Å²) >= 11 is 0. The Bertz CT molecular complexity index is 717. The number of anilines is 1. The number of aliphatic carboxylic acids is 1. The van der Waals surface area contributed by atoms with Gasteiger partial charge in [-0.15, -0.1) is 0 Å².